The second kappa shape index (κ2) is 3.20. The standard InChI is InChI=1S/C9H12FNO2/c1-9(8(11)12)4-3-6(10)7(5-9)13-2/h3-4H,5H2,1-2H3,(H2,11,12). The summed E-state index contributed by atoms with van der Waals surface area (Å²) in [7, 11) is 1.37. The molecule has 4 heteroatoms. The molecule has 1 aliphatic rings. The number of hydrogen-bond donors (Lipinski definition) is 1. The van der Waals surface area contributed by atoms with Crippen LogP contribution >= 0.6 is 0 Å². The molecule has 0 spiro atoms. The summed E-state index contributed by atoms with van der Waals surface area (Å²) in [5, 5.41) is 0. The molecule has 0 saturated heterocycles. The van der Waals surface area contributed by atoms with Crippen LogP contribution < -0.4 is 5.73 Å². The Hall–Kier alpha value is -1.32. The Morgan fingerprint density at radius 2 is 2.38 bits per heavy atom. The van der Waals surface area contributed by atoms with Crippen molar-refractivity contribution >= 4 is 5.91 Å². The van der Waals surface area contributed by atoms with Crippen LogP contribution in [0, 0.1) is 5.41 Å². The van der Waals surface area contributed by atoms with E-state index in [1.165, 1.54) is 19.3 Å². The summed E-state index contributed by atoms with van der Waals surface area (Å²) in [4.78, 5) is 11.0. The molecule has 2 N–H and O–H groups in total. The smallest absolute Gasteiger partial charge is 0.227 e. The monoisotopic (exact) mass is 185 g/mol. The lowest BCUT2D eigenvalue weighted by molar-refractivity contribution is -0.124. The number of primary amides is 1. The molecule has 0 aromatic carbocycles. The van der Waals surface area contributed by atoms with Crippen molar-refractivity contribution in [3.63, 3.8) is 0 Å². The molecule has 1 amide bonds. The largest absolute Gasteiger partial charge is 0.498 e. The molecule has 0 bridgehead atoms. The molecule has 0 aromatic rings. The van der Waals surface area contributed by atoms with Gasteiger partial charge in [-0.3, -0.25) is 4.79 Å². The van der Waals surface area contributed by atoms with Gasteiger partial charge in [-0.15, -0.1) is 0 Å². The first-order valence-electron chi connectivity index (χ1n) is 3.91. The van der Waals surface area contributed by atoms with E-state index in [1.807, 2.05) is 0 Å². The van der Waals surface area contributed by atoms with E-state index in [9.17, 15) is 9.18 Å². The number of nitrogens with two attached hydrogens (primary N) is 1. The van der Waals surface area contributed by atoms with E-state index in [2.05, 4.69) is 0 Å². The van der Waals surface area contributed by atoms with Gasteiger partial charge >= 0.3 is 0 Å². The van der Waals surface area contributed by atoms with Gasteiger partial charge in [-0.1, -0.05) is 6.08 Å². The van der Waals surface area contributed by atoms with Crippen molar-refractivity contribution in [1.29, 1.82) is 0 Å². The number of rotatable bonds is 2. The number of carbonyl (C=O) groups excluding carboxylic acids is 1. The van der Waals surface area contributed by atoms with Gasteiger partial charge in [-0.2, -0.15) is 0 Å². The second-order valence-corrected chi connectivity index (χ2v) is 3.27. The lowest BCUT2D eigenvalue weighted by Gasteiger charge is -2.25. The maximum Gasteiger partial charge on any atom is 0.227 e. The van der Waals surface area contributed by atoms with Crippen molar-refractivity contribution in [2.45, 2.75) is 13.3 Å². The lowest BCUT2D eigenvalue weighted by atomic mass is 9.82. The minimum atomic E-state index is -0.832. The van der Waals surface area contributed by atoms with Crippen LogP contribution in [0.25, 0.3) is 0 Å². The Balaban J connectivity index is 2.95. The number of halogens is 1. The first-order valence-corrected chi connectivity index (χ1v) is 3.91. The summed E-state index contributed by atoms with van der Waals surface area (Å²) < 4.78 is 17.8. The highest BCUT2D eigenvalue weighted by Crippen LogP contribution is 2.34. The van der Waals surface area contributed by atoms with Crippen LogP contribution in [0.4, 0.5) is 4.39 Å². The SMILES string of the molecule is COC1=C(F)C=CC(C)(C(N)=O)C1. The van der Waals surface area contributed by atoms with Crippen LogP contribution in [0.3, 0.4) is 0 Å². The Labute approximate surface area is 76.1 Å². The fourth-order valence-electron chi connectivity index (χ4n) is 1.17. The van der Waals surface area contributed by atoms with Gasteiger partial charge in [0.2, 0.25) is 5.91 Å². The fourth-order valence-corrected chi connectivity index (χ4v) is 1.17. The fraction of sp³-hybridized carbons (Fsp3) is 0.444. The predicted octanol–water partition coefficient (Wildman–Crippen LogP) is 1.27. The number of amides is 1. The molecule has 0 radical (unpaired) electrons. The van der Waals surface area contributed by atoms with Crippen molar-refractivity contribution < 1.29 is 13.9 Å². The molecule has 1 rings (SSSR count). The maximum atomic E-state index is 13.0. The third-order valence-corrected chi connectivity index (χ3v) is 2.20. The molecule has 0 fully saturated rings. The van der Waals surface area contributed by atoms with Gasteiger partial charge in [0.15, 0.2) is 5.83 Å². The third-order valence-electron chi connectivity index (χ3n) is 2.20. The van der Waals surface area contributed by atoms with Gasteiger partial charge in [0.05, 0.1) is 12.5 Å². The topological polar surface area (TPSA) is 52.3 Å². The van der Waals surface area contributed by atoms with Crippen molar-refractivity contribution in [2.75, 3.05) is 7.11 Å². The molecule has 0 heterocycles. The molecule has 1 unspecified atom stereocenters. The van der Waals surface area contributed by atoms with Crippen LogP contribution in [0.1, 0.15) is 13.3 Å². The van der Waals surface area contributed by atoms with Gasteiger partial charge in [-0.25, -0.2) is 4.39 Å². The lowest BCUT2D eigenvalue weighted by Crippen LogP contribution is -2.34. The van der Waals surface area contributed by atoms with Crippen LogP contribution in [0.5, 0.6) is 0 Å². The zero-order valence-electron chi connectivity index (χ0n) is 7.63. The summed E-state index contributed by atoms with van der Waals surface area (Å²) in [5.74, 6) is -0.754. The van der Waals surface area contributed by atoms with Crippen molar-refractivity contribution in [3.05, 3.63) is 23.7 Å². The van der Waals surface area contributed by atoms with Gasteiger partial charge in [0, 0.05) is 6.42 Å². The Bertz CT molecular complexity index is 296. The number of allylic oxidation sites excluding steroid dienone is 3. The molecular formula is C9H12FNO2. The van der Waals surface area contributed by atoms with Gasteiger partial charge in [0.25, 0.3) is 0 Å². The Kier molecular flexibility index (Phi) is 2.40. The predicted molar refractivity (Wildman–Crippen MR) is 46.2 cm³/mol. The van der Waals surface area contributed by atoms with E-state index in [-0.39, 0.29) is 12.2 Å². The van der Waals surface area contributed by atoms with E-state index >= 15 is 0 Å². The van der Waals surface area contributed by atoms with E-state index < -0.39 is 17.1 Å². The summed E-state index contributed by atoms with van der Waals surface area (Å²) in [6, 6.07) is 0. The molecule has 0 saturated carbocycles. The number of ether oxygens (including phenoxy) is 1. The highest BCUT2D eigenvalue weighted by Gasteiger charge is 2.33. The van der Waals surface area contributed by atoms with E-state index in [4.69, 9.17) is 10.5 Å². The van der Waals surface area contributed by atoms with Crippen LogP contribution in [-0.2, 0) is 9.53 Å². The van der Waals surface area contributed by atoms with Crippen molar-refractivity contribution in [2.24, 2.45) is 11.1 Å². The van der Waals surface area contributed by atoms with Crippen molar-refractivity contribution in [1.82, 2.24) is 0 Å². The summed E-state index contributed by atoms with van der Waals surface area (Å²) in [6.07, 6.45) is 2.86. The minimum Gasteiger partial charge on any atom is -0.498 e. The summed E-state index contributed by atoms with van der Waals surface area (Å²) in [5.41, 5.74) is 4.34. The quantitative estimate of drug-likeness (QED) is 0.704. The number of carbonyl (C=O) groups is 1. The summed E-state index contributed by atoms with van der Waals surface area (Å²) in [6.45, 7) is 1.65. The zero-order chi connectivity index (χ0) is 10.1. The Morgan fingerprint density at radius 1 is 1.77 bits per heavy atom. The van der Waals surface area contributed by atoms with Gasteiger partial charge < -0.3 is 10.5 Å². The van der Waals surface area contributed by atoms with Crippen LogP contribution in [0.15, 0.2) is 23.7 Å². The number of methoxy groups -OCH3 is 1. The van der Waals surface area contributed by atoms with Gasteiger partial charge in [0.1, 0.15) is 5.76 Å². The van der Waals surface area contributed by atoms with Crippen molar-refractivity contribution in [3.8, 4) is 0 Å². The van der Waals surface area contributed by atoms with E-state index in [0.29, 0.717) is 0 Å². The third kappa shape index (κ3) is 1.71. The molecule has 72 valence electrons. The number of hydrogen-bond acceptors (Lipinski definition) is 2. The molecule has 0 aromatic heterocycles. The average Bonchev–Trinajstić information content (AvgIpc) is 2.09. The first kappa shape index (κ1) is 9.77. The maximum absolute atomic E-state index is 13.0. The molecule has 1 atom stereocenters. The summed E-state index contributed by atoms with van der Waals surface area (Å²) >= 11 is 0. The molecule has 0 aliphatic heterocycles. The molecular weight excluding hydrogens is 173 g/mol. The van der Waals surface area contributed by atoms with E-state index in [1.54, 1.807) is 6.92 Å². The molecule has 1 aliphatic carbocycles. The van der Waals surface area contributed by atoms with Crippen LogP contribution in [-0.4, -0.2) is 13.0 Å². The van der Waals surface area contributed by atoms with Gasteiger partial charge in [-0.05, 0) is 13.0 Å². The highest BCUT2D eigenvalue weighted by atomic mass is 19.1. The molecule has 13 heavy (non-hydrogen) atoms. The normalized spacial score (nSPS) is 27.6. The molecule has 3 nitrogen and oxygen atoms in total. The minimum absolute atomic E-state index is 0.170. The first-order chi connectivity index (χ1) is 5.99. The second-order valence-electron chi connectivity index (χ2n) is 3.27. The zero-order valence-corrected chi connectivity index (χ0v) is 7.63. The average molecular weight is 185 g/mol. The Morgan fingerprint density at radius 3 is 2.85 bits per heavy atom. The highest BCUT2D eigenvalue weighted by molar-refractivity contribution is 5.83. The van der Waals surface area contributed by atoms with Crippen LogP contribution in [0.2, 0.25) is 0 Å². The van der Waals surface area contributed by atoms with E-state index in [0.717, 1.165) is 0 Å².